The summed E-state index contributed by atoms with van der Waals surface area (Å²) in [6, 6.07) is 0. The van der Waals surface area contributed by atoms with Gasteiger partial charge in [0.05, 0.1) is 6.61 Å². The molecule has 0 aromatic carbocycles. The van der Waals surface area contributed by atoms with Gasteiger partial charge in [-0.05, 0) is 38.5 Å². The van der Waals surface area contributed by atoms with Gasteiger partial charge in [-0.2, -0.15) is 0 Å². The van der Waals surface area contributed by atoms with Crippen molar-refractivity contribution in [2.24, 2.45) is 0 Å². The first-order chi connectivity index (χ1) is 22.3. The summed E-state index contributed by atoms with van der Waals surface area (Å²) in [6.45, 7) is 3.65. The zero-order chi connectivity index (χ0) is 34.0. The van der Waals surface area contributed by atoms with E-state index in [1.807, 2.05) is 0 Å². The highest BCUT2D eigenvalue weighted by molar-refractivity contribution is 7.46. The number of carbonyl (C=O) groups excluding carboxylic acids is 2. The molecule has 2 N–H and O–H groups in total. The number of carbonyl (C=O) groups is 2. The van der Waals surface area contributed by atoms with Gasteiger partial charge >= 0.3 is 19.8 Å². The highest BCUT2D eigenvalue weighted by atomic mass is 31.2. The molecule has 0 saturated heterocycles. The topological polar surface area (TPSA) is 119 Å². The molecular formula is C37H71O8P. The highest BCUT2D eigenvalue weighted by Gasteiger charge is 2.22. The number of esters is 2. The molecule has 0 saturated carbocycles. The molecule has 1 unspecified atom stereocenters. The fourth-order valence-corrected chi connectivity index (χ4v) is 5.79. The van der Waals surface area contributed by atoms with Crippen LogP contribution < -0.4 is 0 Å². The Morgan fingerprint density at radius 2 is 0.913 bits per heavy atom. The van der Waals surface area contributed by atoms with E-state index in [2.05, 4.69) is 30.5 Å². The normalized spacial score (nSPS) is 12.5. The van der Waals surface area contributed by atoms with Crippen molar-refractivity contribution in [2.75, 3.05) is 13.2 Å². The van der Waals surface area contributed by atoms with E-state index in [1.54, 1.807) is 0 Å². The first kappa shape index (κ1) is 44.8. The zero-order valence-electron chi connectivity index (χ0n) is 29.7. The molecule has 0 rings (SSSR count). The lowest BCUT2D eigenvalue weighted by Crippen LogP contribution is -2.29. The van der Waals surface area contributed by atoms with Gasteiger partial charge in [0.2, 0.25) is 0 Å². The Balaban J connectivity index is 3.88. The third-order valence-corrected chi connectivity index (χ3v) is 8.77. The minimum Gasteiger partial charge on any atom is -0.462 e. The average Bonchev–Trinajstić information content (AvgIpc) is 3.02. The van der Waals surface area contributed by atoms with Crippen LogP contribution in [0.1, 0.15) is 194 Å². The van der Waals surface area contributed by atoms with Crippen molar-refractivity contribution < 1.29 is 37.9 Å². The SMILES string of the molecule is CCCCCCCC/C=C\CCCCCCCCCCCC(=O)OC(COC(=O)CCCCCCCCCCC)COP(=O)(O)O. The monoisotopic (exact) mass is 674 g/mol. The number of allylic oxidation sites excluding steroid dienone is 2. The molecule has 0 aliphatic rings. The van der Waals surface area contributed by atoms with Gasteiger partial charge in [-0.3, -0.25) is 14.1 Å². The van der Waals surface area contributed by atoms with Crippen LogP contribution in [0, 0.1) is 0 Å². The summed E-state index contributed by atoms with van der Waals surface area (Å²) in [5.74, 6) is -0.883. The van der Waals surface area contributed by atoms with E-state index in [0.29, 0.717) is 6.42 Å². The molecular weight excluding hydrogens is 603 g/mol. The fourth-order valence-electron chi connectivity index (χ4n) is 5.43. The zero-order valence-corrected chi connectivity index (χ0v) is 30.6. The summed E-state index contributed by atoms with van der Waals surface area (Å²) < 4.78 is 26.2. The Bertz CT molecular complexity index is 766. The smallest absolute Gasteiger partial charge is 0.462 e. The van der Waals surface area contributed by atoms with Gasteiger partial charge in [0.25, 0.3) is 0 Å². The average molecular weight is 675 g/mol. The van der Waals surface area contributed by atoms with Gasteiger partial charge in [-0.1, -0.05) is 154 Å². The molecule has 9 heteroatoms. The molecule has 1 atom stereocenters. The number of hydrogen-bond donors (Lipinski definition) is 2. The number of phosphoric ester groups is 1. The molecule has 0 fully saturated rings. The number of phosphoric acid groups is 1. The lowest BCUT2D eigenvalue weighted by Gasteiger charge is -2.18. The summed E-state index contributed by atoms with van der Waals surface area (Å²) in [4.78, 5) is 42.6. The molecule has 272 valence electrons. The van der Waals surface area contributed by atoms with Crippen molar-refractivity contribution in [3.05, 3.63) is 12.2 Å². The predicted octanol–water partition coefficient (Wildman–Crippen LogP) is 11.1. The Morgan fingerprint density at radius 1 is 0.543 bits per heavy atom. The van der Waals surface area contributed by atoms with Crippen LogP contribution in [-0.4, -0.2) is 41.0 Å². The number of ether oxygens (including phenoxy) is 2. The van der Waals surface area contributed by atoms with Gasteiger partial charge in [-0.15, -0.1) is 0 Å². The van der Waals surface area contributed by atoms with Crippen molar-refractivity contribution in [2.45, 2.75) is 200 Å². The predicted molar refractivity (Wildman–Crippen MR) is 189 cm³/mol. The number of unbranched alkanes of at least 4 members (excludes halogenated alkanes) is 23. The number of rotatable bonds is 35. The fraction of sp³-hybridized carbons (Fsp3) is 0.892. The van der Waals surface area contributed by atoms with E-state index < -0.39 is 32.5 Å². The minimum atomic E-state index is -4.74. The molecule has 0 aromatic rings. The van der Waals surface area contributed by atoms with Gasteiger partial charge < -0.3 is 19.3 Å². The van der Waals surface area contributed by atoms with E-state index in [9.17, 15) is 14.2 Å². The second-order valence-corrected chi connectivity index (χ2v) is 14.1. The Labute approximate surface area is 282 Å². The van der Waals surface area contributed by atoms with E-state index in [1.165, 1.54) is 122 Å². The molecule has 46 heavy (non-hydrogen) atoms. The van der Waals surface area contributed by atoms with Crippen LogP contribution >= 0.6 is 7.82 Å². The van der Waals surface area contributed by atoms with Crippen LogP contribution in [0.2, 0.25) is 0 Å². The van der Waals surface area contributed by atoms with Gasteiger partial charge in [0.15, 0.2) is 6.10 Å². The van der Waals surface area contributed by atoms with Crippen LogP contribution in [-0.2, 0) is 28.2 Å². The van der Waals surface area contributed by atoms with Gasteiger partial charge in [0.1, 0.15) is 6.61 Å². The molecule has 0 aliphatic carbocycles. The summed E-state index contributed by atoms with van der Waals surface area (Å²) >= 11 is 0. The number of hydrogen-bond acceptors (Lipinski definition) is 6. The third kappa shape index (κ3) is 35.6. The summed E-state index contributed by atoms with van der Waals surface area (Å²) in [5.41, 5.74) is 0. The molecule has 0 heterocycles. The quantitative estimate of drug-likeness (QED) is 0.0295. The maximum atomic E-state index is 12.3. The highest BCUT2D eigenvalue weighted by Crippen LogP contribution is 2.36. The Hall–Kier alpha value is -1.21. The first-order valence-corrected chi connectivity index (χ1v) is 20.5. The molecule has 0 amide bonds. The maximum Gasteiger partial charge on any atom is 0.469 e. The van der Waals surface area contributed by atoms with E-state index >= 15 is 0 Å². The van der Waals surface area contributed by atoms with Crippen LogP contribution in [0.25, 0.3) is 0 Å². The lowest BCUT2D eigenvalue weighted by atomic mass is 10.1. The maximum absolute atomic E-state index is 12.3. The van der Waals surface area contributed by atoms with Crippen molar-refractivity contribution in [3.8, 4) is 0 Å². The largest absolute Gasteiger partial charge is 0.469 e. The Kier molecular flexibility index (Phi) is 32.8. The lowest BCUT2D eigenvalue weighted by molar-refractivity contribution is -0.161. The van der Waals surface area contributed by atoms with Crippen molar-refractivity contribution in [1.29, 1.82) is 0 Å². The van der Waals surface area contributed by atoms with Crippen LogP contribution in [0.3, 0.4) is 0 Å². The van der Waals surface area contributed by atoms with Crippen molar-refractivity contribution in [3.63, 3.8) is 0 Å². The Morgan fingerprint density at radius 3 is 1.33 bits per heavy atom. The molecule has 0 aromatic heterocycles. The molecule has 8 nitrogen and oxygen atoms in total. The summed E-state index contributed by atoms with van der Waals surface area (Å²) in [7, 11) is -4.74. The summed E-state index contributed by atoms with van der Waals surface area (Å²) in [5, 5.41) is 0. The van der Waals surface area contributed by atoms with Crippen LogP contribution in [0.5, 0.6) is 0 Å². The molecule has 0 radical (unpaired) electrons. The van der Waals surface area contributed by atoms with Crippen molar-refractivity contribution in [1.82, 2.24) is 0 Å². The second-order valence-electron chi connectivity index (χ2n) is 12.9. The molecule has 0 spiro atoms. The standard InChI is InChI=1S/C37H71O8P/c1-3-5-7-9-11-13-14-15-16-17-18-19-20-21-22-24-26-28-30-32-37(39)45-35(34-44-46(40,41)42)33-43-36(38)31-29-27-25-23-12-10-8-6-4-2/h15-16,35H,3-14,17-34H2,1-2H3,(H2,40,41,42)/b16-15-. The van der Waals surface area contributed by atoms with Crippen LogP contribution in [0.15, 0.2) is 12.2 Å². The molecule has 0 aliphatic heterocycles. The van der Waals surface area contributed by atoms with E-state index in [4.69, 9.17) is 19.3 Å². The minimum absolute atomic E-state index is 0.213. The van der Waals surface area contributed by atoms with Crippen molar-refractivity contribution >= 4 is 19.8 Å². The molecule has 0 bridgehead atoms. The van der Waals surface area contributed by atoms with E-state index in [-0.39, 0.29) is 19.4 Å². The van der Waals surface area contributed by atoms with Gasteiger partial charge in [0, 0.05) is 12.8 Å². The van der Waals surface area contributed by atoms with Gasteiger partial charge in [-0.25, -0.2) is 4.57 Å². The first-order valence-electron chi connectivity index (χ1n) is 19.0. The van der Waals surface area contributed by atoms with Crippen LogP contribution in [0.4, 0.5) is 0 Å². The summed E-state index contributed by atoms with van der Waals surface area (Å²) in [6.07, 6.45) is 35.1. The second kappa shape index (κ2) is 33.7. The third-order valence-electron chi connectivity index (χ3n) is 8.28. The van der Waals surface area contributed by atoms with E-state index in [0.717, 1.165) is 38.5 Å².